The van der Waals surface area contributed by atoms with E-state index in [4.69, 9.17) is 14.2 Å². The second-order valence-corrected chi connectivity index (χ2v) is 14.9. The summed E-state index contributed by atoms with van der Waals surface area (Å²) >= 11 is 0. The van der Waals surface area contributed by atoms with Crippen LogP contribution in [0.15, 0.2) is 60.7 Å². The summed E-state index contributed by atoms with van der Waals surface area (Å²) in [7, 11) is 5.24. The Morgan fingerprint density at radius 2 is 1.61 bits per heavy atom. The van der Waals surface area contributed by atoms with Crippen LogP contribution >= 0.6 is 0 Å². The van der Waals surface area contributed by atoms with Crippen molar-refractivity contribution in [3.05, 3.63) is 83.0 Å². The van der Waals surface area contributed by atoms with E-state index in [1.165, 1.54) is 16.6 Å². The van der Waals surface area contributed by atoms with Crippen molar-refractivity contribution in [3.8, 4) is 11.5 Å². The molecule has 0 radical (unpaired) electrons. The fourth-order valence-electron chi connectivity index (χ4n) is 6.50. The van der Waals surface area contributed by atoms with Crippen molar-refractivity contribution in [2.24, 2.45) is 0 Å². The Morgan fingerprint density at radius 3 is 2.31 bits per heavy atom. The number of methoxy groups -OCH3 is 1. The number of likely N-dealkylation sites (N-methyl/N-ethyl adjacent to an activating group) is 1. The smallest absolute Gasteiger partial charge is 0.419 e. The molecule has 3 aromatic carbocycles. The van der Waals surface area contributed by atoms with E-state index >= 15 is 0 Å². The average molecular weight is 740 g/mol. The van der Waals surface area contributed by atoms with Gasteiger partial charge in [0.2, 0.25) is 5.91 Å². The molecule has 54 heavy (non-hydrogen) atoms. The van der Waals surface area contributed by atoms with Crippen LogP contribution in [0.3, 0.4) is 0 Å². The number of aromatic nitrogens is 1. The molecule has 5 rings (SSSR count). The summed E-state index contributed by atoms with van der Waals surface area (Å²) in [6, 6.07) is 17.5. The van der Waals surface area contributed by atoms with Gasteiger partial charge < -0.3 is 34.2 Å². The maximum absolute atomic E-state index is 13.8. The zero-order valence-electron chi connectivity index (χ0n) is 32.8. The van der Waals surface area contributed by atoms with E-state index in [0.29, 0.717) is 63.6 Å². The lowest BCUT2D eigenvalue weighted by atomic mass is 10.1. The lowest BCUT2D eigenvalue weighted by Gasteiger charge is -2.32. The Bertz CT molecular complexity index is 2010. The Morgan fingerprint density at radius 1 is 0.870 bits per heavy atom. The highest BCUT2D eigenvalue weighted by Gasteiger charge is 2.24. The average Bonchev–Trinajstić information content (AvgIpc) is 3.48. The van der Waals surface area contributed by atoms with E-state index in [1.807, 2.05) is 30.0 Å². The molecule has 0 spiro atoms. The number of benzene rings is 3. The minimum absolute atomic E-state index is 0.220. The van der Waals surface area contributed by atoms with E-state index in [1.54, 1.807) is 77.2 Å². The van der Waals surface area contributed by atoms with Crippen LogP contribution in [0.1, 0.15) is 78.4 Å². The zero-order chi connectivity index (χ0) is 39.2. The molecular formula is C42H53N5O7. The number of amides is 3. The zero-order valence-corrected chi connectivity index (χ0v) is 32.8. The lowest BCUT2D eigenvalue weighted by Crippen LogP contribution is -2.47. The number of rotatable bonds is 12. The van der Waals surface area contributed by atoms with Crippen LogP contribution in [0.4, 0.5) is 16.2 Å². The standard InChI is InChI=1S/C42H53N5O7/c1-28-16-19-35(37(25-28)53-24-11-9-10-15-38(48)46-22-20-44(6)21-23-46)45(7)40(50)30-17-18-33(36(27-30)52-8)43-39(49)31-13-12-14-34-32(31)26-29(2)47(34)41(51)54-42(3,4)5/h12-14,16-19,25-27H,9-11,15,20-24H2,1-8H3,(H,43,49). The van der Waals surface area contributed by atoms with Gasteiger partial charge in [0, 0.05) is 61.9 Å². The number of fused-ring (bicyclic) bond motifs is 1. The van der Waals surface area contributed by atoms with Gasteiger partial charge in [-0.15, -0.1) is 0 Å². The van der Waals surface area contributed by atoms with Gasteiger partial charge in [-0.1, -0.05) is 12.1 Å². The van der Waals surface area contributed by atoms with Gasteiger partial charge in [-0.3, -0.25) is 14.4 Å². The predicted octanol–water partition coefficient (Wildman–Crippen LogP) is 7.29. The van der Waals surface area contributed by atoms with Crippen LogP contribution in [0.2, 0.25) is 0 Å². The van der Waals surface area contributed by atoms with Crippen LogP contribution in [0.5, 0.6) is 11.5 Å². The third kappa shape index (κ3) is 9.59. The maximum atomic E-state index is 13.8. The molecule has 0 atom stereocenters. The molecule has 1 saturated heterocycles. The number of hydrogen-bond acceptors (Lipinski definition) is 8. The topological polar surface area (TPSA) is 123 Å². The fraction of sp³-hybridized carbons (Fsp3) is 0.429. The van der Waals surface area contributed by atoms with E-state index in [9.17, 15) is 19.2 Å². The van der Waals surface area contributed by atoms with Crippen LogP contribution in [-0.2, 0) is 9.53 Å². The Labute approximate surface area is 317 Å². The minimum Gasteiger partial charge on any atom is -0.495 e. The molecule has 1 aliphatic heterocycles. The first kappa shape index (κ1) is 39.8. The molecule has 288 valence electrons. The number of piperazine rings is 1. The summed E-state index contributed by atoms with van der Waals surface area (Å²) in [6.07, 6.45) is 2.48. The summed E-state index contributed by atoms with van der Waals surface area (Å²) in [4.78, 5) is 58.7. The number of hydrogen-bond donors (Lipinski definition) is 1. The van der Waals surface area contributed by atoms with E-state index in [2.05, 4.69) is 17.3 Å². The Balaban J connectivity index is 1.23. The third-order valence-electron chi connectivity index (χ3n) is 9.48. The first-order valence-corrected chi connectivity index (χ1v) is 18.5. The quantitative estimate of drug-likeness (QED) is 0.150. The lowest BCUT2D eigenvalue weighted by molar-refractivity contribution is -0.132. The molecule has 0 bridgehead atoms. The minimum atomic E-state index is -0.682. The molecule has 1 fully saturated rings. The molecule has 0 unspecified atom stereocenters. The molecule has 3 amide bonds. The van der Waals surface area contributed by atoms with Crippen molar-refractivity contribution in [2.45, 2.75) is 65.9 Å². The van der Waals surface area contributed by atoms with Crippen LogP contribution in [0, 0.1) is 13.8 Å². The van der Waals surface area contributed by atoms with Gasteiger partial charge in [-0.05, 0) is 115 Å². The van der Waals surface area contributed by atoms with Crippen molar-refractivity contribution in [1.29, 1.82) is 0 Å². The molecule has 0 saturated carbocycles. The van der Waals surface area contributed by atoms with E-state index < -0.39 is 17.6 Å². The normalized spacial score (nSPS) is 13.4. The number of aryl methyl sites for hydroxylation is 2. The molecule has 4 aromatic rings. The molecule has 12 nitrogen and oxygen atoms in total. The summed E-state index contributed by atoms with van der Waals surface area (Å²) in [5, 5.41) is 3.51. The number of unbranched alkanes of at least 4 members (excludes halogenated alkanes) is 2. The Hall–Kier alpha value is -5.36. The summed E-state index contributed by atoms with van der Waals surface area (Å²) in [6.45, 7) is 13.0. The summed E-state index contributed by atoms with van der Waals surface area (Å²) in [5.41, 5.74) is 3.23. The SMILES string of the molecule is COc1cc(C(=O)N(C)c2ccc(C)cc2OCCCCCC(=O)N2CCN(C)CC2)ccc1NC(=O)c1cccc2c1cc(C)n2C(=O)OC(C)(C)C. The third-order valence-corrected chi connectivity index (χ3v) is 9.48. The highest BCUT2D eigenvalue weighted by atomic mass is 16.6. The van der Waals surface area contributed by atoms with Crippen molar-refractivity contribution in [1.82, 2.24) is 14.4 Å². The number of nitrogens with one attached hydrogen (secondary N) is 1. The van der Waals surface area contributed by atoms with Gasteiger partial charge in [-0.2, -0.15) is 0 Å². The van der Waals surface area contributed by atoms with Gasteiger partial charge in [0.05, 0.1) is 30.6 Å². The molecular weight excluding hydrogens is 686 g/mol. The van der Waals surface area contributed by atoms with Crippen molar-refractivity contribution < 1.29 is 33.4 Å². The molecule has 1 aromatic heterocycles. The molecule has 1 aliphatic rings. The first-order chi connectivity index (χ1) is 25.7. The second-order valence-electron chi connectivity index (χ2n) is 14.9. The monoisotopic (exact) mass is 739 g/mol. The van der Waals surface area contributed by atoms with Gasteiger partial charge in [0.15, 0.2) is 0 Å². The van der Waals surface area contributed by atoms with Gasteiger partial charge in [-0.25, -0.2) is 9.36 Å². The largest absolute Gasteiger partial charge is 0.495 e. The van der Waals surface area contributed by atoms with E-state index in [0.717, 1.165) is 51.0 Å². The Kier molecular flexibility index (Phi) is 12.7. The number of nitrogens with zero attached hydrogens (tertiary/aromatic N) is 4. The van der Waals surface area contributed by atoms with Gasteiger partial charge >= 0.3 is 6.09 Å². The van der Waals surface area contributed by atoms with Gasteiger partial charge in [0.25, 0.3) is 11.8 Å². The van der Waals surface area contributed by atoms with Crippen molar-refractivity contribution in [2.75, 3.05) is 64.2 Å². The van der Waals surface area contributed by atoms with Crippen molar-refractivity contribution in [3.63, 3.8) is 0 Å². The van der Waals surface area contributed by atoms with Crippen molar-refractivity contribution >= 4 is 46.1 Å². The second kappa shape index (κ2) is 17.2. The highest BCUT2D eigenvalue weighted by Crippen LogP contribution is 2.33. The molecule has 1 N–H and O–H groups in total. The van der Waals surface area contributed by atoms with Crippen LogP contribution < -0.4 is 19.7 Å². The summed E-state index contributed by atoms with van der Waals surface area (Å²) in [5.74, 6) is 0.437. The first-order valence-electron chi connectivity index (χ1n) is 18.5. The highest BCUT2D eigenvalue weighted by molar-refractivity contribution is 6.14. The number of carbonyl (C=O) groups is 4. The molecule has 0 aliphatic carbocycles. The summed E-state index contributed by atoms with van der Waals surface area (Å²) < 4.78 is 18.9. The molecule has 2 heterocycles. The number of ether oxygens (including phenoxy) is 3. The number of anilines is 2. The predicted molar refractivity (Wildman–Crippen MR) is 211 cm³/mol. The van der Waals surface area contributed by atoms with E-state index in [-0.39, 0.29) is 11.8 Å². The van der Waals surface area contributed by atoms with Gasteiger partial charge in [0.1, 0.15) is 17.1 Å². The fourth-order valence-corrected chi connectivity index (χ4v) is 6.50. The van der Waals surface area contributed by atoms with Crippen LogP contribution in [0.25, 0.3) is 10.9 Å². The number of carbonyl (C=O) groups excluding carboxylic acids is 4. The molecule has 12 heteroatoms. The maximum Gasteiger partial charge on any atom is 0.419 e. The van der Waals surface area contributed by atoms with Crippen LogP contribution in [-0.4, -0.2) is 97.8 Å².